The zero-order valence-electron chi connectivity index (χ0n) is 5.55. The molecule has 3 nitrogen and oxygen atoms in total. The molecule has 1 heterocycles. The van der Waals surface area contributed by atoms with Crippen molar-refractivity contribution in [2.45, 2.75) is 6.18 Å². The lowest BCUT2D eigenvalue weighted by molar-refractivity contribution is -0.145. The summed E-state index contributed by atoms with van der Waals surface area (Å²) in [5.74, 6) is -1.27. The van der Waals surface area contributed by atoms with Gasteiger partial charge in [-0.15, -0.1) is 24.0 Å². The van der Waals surface area contributed by atoms with Gasteiger partial charge >= 0.3 is 6.18 Å². The van der Waals surface area contributed by atoms with Crippen LogP contribution in [-0.4, -0.2) is 9.97 Å². The van der Waals surface area contributed by atoms with E-state index in [1.54, 1.807) is 4.98 Å². The highest BCUT2D eigenvalue weighted by Crippen LogP contribution is 2.24. The molecule has 0 unspecified atom stereocenters. The average molecular weight is 292 g/mol. The Balaban J connectivity index is 0.00000121. The zero-order valence-corrected chi connectivity index (χ0v) is 7.88. The van der Waals surface area contributed by atoms with E-state index in [9.17, 15) is 18.0 Å². The van der Waals surface area contributed by atoms with E-state index < -0.39 is 17.6 Å². The fourth-order valence-corrected chi connectivity index (χ4v) is 0.514. The number of rotatable bonds is 0. The highest BCUT2D eigenvalue weighted by atomic mass is 127. The Kier molecular flexibility index (Phi) is 3.68. The van der Waals surface area contributed by atoms with Crippen molar-refractivity contribution in [3.8, 4) is 0 Å². The Bertz CT molecular complexity index is 308. The lowest BCUT2D eigenvalue weighted by Crippen LogP contribution is -2.17. The van der Waals surface area contributed by atoms with Crippen LogP contribution in [0.15, 0.2) is 17.1 Å². The molecule has 12 heavy (non-hydrogen) atoms. The van der Waals surface area contributed by atoms with Crippen LogP contribution in [0.25, 0.3) is 0 Å². The Morgan fingerprint density at radius 1 is 1.42 bits per heavy atom. The largest absolute Gasteiger partial charge is 0.449 e. The number of alkyl halides is 3. The van der Waals surface area contributed by atoms with Crippen LogP contribution in [0.1, 0.15) is 5.82 Å². The van der Waals surface area contributed by atoms with Crippen LogP contribution in [0.5, 0.6) is 0 Å². The number of hydrogen-bond donors (Lipinski definition) is 1. The highest BCUT2D eigenvalue weighted by molar-refractivity contribution is 14.0. The fourth-order valence-electron chi connectivity index (χ4n) is 0.514. The Morgan fingerprint density at radius 2 is 2.00 bits per heavy atom. The van der Waals surface area contributed by atoms with Crippen molar-refractivity contribution in [3.05, 3.63) is 28.4 Å². The van der Waals surface area contributed by atoms with Gasteiger partial charge in [0.25, 0.3) is 5.56 Å². The molecule has 0 atom stereocenters. The molecule has 0 radical (unpaired) electrons. The summed E-state index contributed by atoms with van der Waals surface area (Å²) in [6.07, 6.45) is -3.78. The number of halogens is 4. The molecule has 7 heteroatoms. The molecule has 0 saturated carbocycles. The monoisotopic (exact) mass is 292 g/mol. The quantitative estimate of drug-likeness (QED) is 0.735. The Hall–Kier alpha value is -0.600. The molecule has 1 N–H and O–H groups in total. The number of H-pyrrole nitrogens is 1. The van der Waals surface area contributed by atoms with Gasteiger partial charge in [0.1, 0.15) is 0 Å². The number of aromatic amines is 1. The summed E-state index contributed by atoms with van der Waals surface area (Å²) in [5, 5.41) is 0. The summed E-state index contributed by atoms with van der Waals surface area (Å²) in [4.78, 5) is 14.8. The first-order valence-electron chi connectivity index (χ1n) is 2.62. The van der Waals surface area contributed by atoms with Crippen molar-refractivity contribution in [2.24, 2.45) is 0 Å². The standard InChI is InChI=1S/C5H3F3N2O.HI/c6-5(7,8)4-9-2-1-3(11)10-4;/h1-2H,(H,9,10,11);1H. The van der Waals surface area contributed by atoms with Gasteiger partial charge in [0.15, 0.2) is 0 Å². The minimum absolute atomic E-state index is 0. The van der Waals surface area contributed by atoms with Gasteiger partial charge in [-0.2, -0.15) is 13.2 Å². The second kappa shape index (κ2) is 3.87. The summed E-state index contributed by atoms with van der Waals surface area (Å²) in [6, 6.07) is 0.912. The molecule has 0 aromatic carbocycles. The van der Waals surface area contributed by atoms with Gasteiger partial charge in [-0.3, -0.25) is 4.79 Å². The molecule has 0 aliphatic carbocycles. The molecule has 1 aromatic rings. The van der Waals surface area contributed by atoms with Gasteiger partial charge in [-0.05, 0) is 0 Å². The maximum Gasteiger partial charge on any atom is 0.449 e. The fraction of sp³-hybridized carbons (Fsp3) is 0.200. The van der Waals surface area contributed by atoms with Gasteiger partial charge in [0.05, 0.1) is 0 Å². The molecule has 0 fully saturated rings. The third-order valence-electron chi connectivity index (χ3n) is 0.940. The summed E-state index contributed by atoms with van der Waals surface area (Å²) in [6.45, 7) is 0. The number of aromatic nitrogens is 2. The lowest BCUT2D eigenvalue weighted by atomic mass is 10.5. The molecule has 1 aromatic heterocycles. The lowest BCUT2D eigenvalue weighted by Gasteiger charge is -2.02. The van der Waals surface area contributed by atoms with Crippen molar-refractivity contribution in [1.82, 2.24) is 9.97 Å². The van der Waals surface area contributed by atoms with Crippen LogP contribution in [0.2, 0.25) is 0 Å². The van der Waals surface area contributed by atoms with E-state index in [1.165, 1.54) is 0 Å². The summed E-state index contributed by atoms with van der Waals surface area (Å²) < 4.78 is 35.2. The van der Waals surface area contributed by atoms with Crippen LogP contribution in [0.3, 0.4) is 0 Å². The summed E-state index contributed by atoms with van der Waals surface area (Å²) in [7, 11) is 0. The smallest absolute Gasteiger partial charge is 0.303 e. The second-order valence-electron chi connectivity index (χ2n) is 1.78. The van der Waals surface area contributed by atoms with Gasteiger partial charge < -0.3 is 4.98 Å². The average Bonchev–Trinajstić information content (AvgIpc) is 1.86. The molecular formula is C5H4F3IN2O. The minimum Gasteiger partial charge on any atom is -0.303 e. The summed E-state index contributed by atoms with van der Waals surface area (Å²) >= 11 is 0. The molecule has 1 rings (SSSR count). The van der Waals surface area contributed by atoms with Crippen LogP contribution in [-0.2, 0) is 6.18 Å². The van der Waals surface area contributed by atoms with E-state index in [-0.39, 0.29) is 24.0 Å². The van der Waals surface area contributed by atoms with Crippen LogP contribution in [0, 0.1) is 0 Å². The van der Waals surface area contributed by atoms with Crippen LogP contribution >= 0.6 is 24.0 Å². The maximum absolute atomic E-state index is 11.7. The van der Waals surface area contributed by atoms with E-state index in [0.717, 1.165) is 12.3 Å². The second-order valence-corrected chi connectivity index (χ2v) is 1.78. The number of nitrogens with one attached hydrogen (secondary N) is 1. The first-order chi connectivity index (χ1) is 5.00. The van der Waals surface area contributed by atoms with Crippen molar-refractivity contribution in [3.63, 3.8) is 0 Å². The van der Waals surface area contributed by atoms with Gasteiger partial charge in [-0.25, -0.2) is 4.98 Å². The van der Waals surface area contributed by atoms with E-state index in [2.05, 4.69) is 4.98 Å². The van der Waals surface area contributed by atoms with E-state index >= 15 is 0 Å². The minimum atomic E-state index is -4.58. The molecule has 0 aliphatic rings. The molecule has 0 amide bonds. The maximum atomic E-state index is 11.7. The molecule has 0 aliphatic heterocycles. The molecule has 0 bridgehead atoms. The molecule has 68 valence electrons. The molecule has 0 saturated heterocycles. The Labute approximate surface area is 82.0 Å². The zero-order chi connectivity index (χ0) is 8.48. The molecule has 0 spiro atoms. The Morgan fingerprint density at radius 3 is 2.33 bits per heavy atom. The summed E-state index contributed by atoms with van der Waals surface area (Å²) in [5.41, 5.74) is -0.813. The normalized spacial score (nSPS) is 10.6. The predicted octanol–water partition coefficient (Wildman–Crippen LogP) is 1.41. The SMILES string of the molecule is I.O=c1ccnc(C(F)(F)F)[nH]1. The topological polar surface area (TPSA) is 45.8 Å². The van der Waals surface area contributed by atoms with Gasteiger partial charge in [0, 0.05) is 12.3 Å². The number of hydrogen-bond acceptors (Lipinski definition) is 2. The van der Waals surface area contributed by atoms with Crippen molar-refractivity contribution in [2.75, 3.05) is 0 Å². The third kappa shape index (κ3) is 2.80. The van der Waals surface area contributed by atoms with Crippen LogP contribution in [0.4, 0.5) is 13.2 Å². The predicted molar refractivity (Wildman–Crippen MR) is 45.3 cm³/mol. The van der Waals surface area contributed by atoms with Crippen molar-refractivity contribution >= 4 is 24.0 Å². The van der Waals surface area contributed by atoms with Crippen molar-refractivity contribution < 1.29 is 13.2 Å². The highest BCUT2D eigenvalue weighted by Gasteiger charge is 2.33. The van der Waals surface area contributed by atoms with Crippen LogP contribution < -0.4 is 5.56 Å². The van der Waals surface area contributed by atoms with Gasteiger partial charge in [-0.1, -0.05) is 0 Å². The van der Waals surface area contributed by atoms with E-state index in [0.29, 0.717) is 0 Å². The number of nitrogens with zero attached hydrogens (tertiary/aromatic N) is 1. The molecular weight excluding hydrogens is 288 g/mol. The van der Waals surface area contributed by atoms with E-state index in [4.69, 9.17) is 0 Å². The van der Waals surface area contributed by atoms with Crippen molar-refractivity contribution in [1.29, 1.82) is 0 Å². The van der Waals surface area contributed by atoms with Gasteiger partial charge in [0.2, 0.25) is 5.82 Å². The first kappa shape index (κ1) is 11.4. The van der Waals surface area contributed by atoms with E-state index in [1.807, 2.05) is 0 Å². The first-order valence-corrected chi connectivity index (χ1v) is 2.62. The third-order valence-corrected chi connectivity index (χ3v) is 0.940.